The molecule has 100 valence electrons. The van der Waals surface area contributed by atoms with Gasteiger partial charge < -0.3 is 14.6 Å². The van der Waals surface area contributed by atoms with Crippen molar-refractivity contribution in [2.75, 3.05) is 13.7 Å². The molecule has 1 rings (SSSR count). The van der Waals surface area contributed by atoms with Gasteiger partial charge in [-0.15, -0.1) is 0 Å². The van der Waals surface area contributed by atoms with Crippen molar-refractivity contribution >= 4 is 17.6 Å². The molecule has 5 heteroatoms. The van der Waals surface area contributed by atoms with Crippen LogP contribution in [0.5, 0.6) is 5.75 Å². The topological polar surface area (TPSA) is 55.8 Å². The summed E-state index contributed by atoms with van der Waals surface area (Å²) in [4.78, 5) is 11.1. The van der Waals surface area contributed by atoms with Gasteiger partial charge in [0.2, 0.25) is 0 Å². The van der Waals surface area contributed by atoms with E-state index in [1.54, 1.807) is 18.2 Å². The van der Waals surface area contributed by atoms with Gasteiger partial charge in [-0.1, -0.05) is 18.5 Å². The summed E-state index contributed by atoms with van der Waals surface area (Å²) in [6, 6.07) is 5.12. The fourth-order valence-corrected chi connectivity index (χ4v) is 1.78. The highest BCUT2D eigenvalue weighted by molar-refractivity contribution is 6.30. The quantitative estimate of drug-likeness (QED) is 0.829. The molecule has 1 aromatic rings. The van der Waals surface area contributed by atoms with Gasteiger partial charge in [-0.3, -0.25) is 0 Å². The van der Waals surface area contributed by atoms with E-state index in [0.717, 1.165) is 12.0 Å². The highest BCUT2D eigenvalue weighted by Gasteiger charge is 2.20. The molecule has 4 nitrogen and oxygen atoms in total. The van der Waals surface area contributed by atoms with Crippen molar-refractivity contribution in [2.45, 2.75) is 25.9 Å². The molecule has 0 spiro atoms. The van der Waals surface area contributed by atoms with Gasteiger partial charge in [-0.05, 0) is 30.2 Å². The van der Waals surface area contributed by atoms with Gasteiger partial charge in [0.1, 0.15) is 5.75 Å². The SMILES string of the molecule is CCCO[C@@H](Cc1cc(Cl)ccc1OC)C(=O)O. The molecule has 0 aromatic heterocycles. The van der Waals surface area contributed by atoms with Crippen molar-refractivity contribution in [3.05, 3.63) is 28.8 Å². The number of benzene rings is 1. The third-order valence-electron chi connectivity index (χ3n) is 2.45. The summed E-state index contributed by atoms with van der Waals surface area (Å²) in [5, 5.41) is 9.64. The number of methoxy groups -OCH3 is 1. The molecular weight excluding hydrogens is 256 g/mol. The Morgan fingerprint density at radius 2 is 2.22 bits per heavy atom. The number of hydrogen-bond acceptors (Lipinski definition) is 3. The van der Waals surface area contributed by atoms with E-state index >= 15 is 0 Å². The van der Waals surface area contributed by atoms with Crippen LogP contribution in [0.2, 0.25) is 5.02 Å². The Labute approximate surface area is 111 Å². The second-order valence-corrected chi connectivity index (χ2v) is 4.29. The number of rotatable bonds is 7. The summed E-state index contributed by atoms with van der Waals surface area (Å²) in [6.07, 6.45) is 0.132. The van der Waals surface area contributed by atoms with E-state index in [4.69, 9.17) is 26.2 Å². The summed E-state index contributed by atoms with van der Waals surface area (Å²) in [7, 11) is 1.54. The summed E-state index contributed by atoms with van der Waals surface area (Å²) in [5.41, 5.74) is 0.730. The number of halogens is 1. The van der Waals surface area contributed by atoms with Crippen LogP contribution in [0.1, 0.15) is 18.9 Å². The molecule has 1 atom stereocenters. The Kier molecular flexibility index (Phi) is 5.95. The van der Waals surface area contributed by atoms with Gasteiger partial charge in [-0.25, -0.2) is 4.79 Å². The van der Waals surface area contributed by atoms with E-state index in [9.17, 15) is 4.79 Å². The fraction of sp³-hybridized carbons (Fsp3) is 0.462. The summed E-state index contributed by atoms with van der Waals surface area (Å²) < 4.78 is 10.5. The smallest absolute Gasteiger partial charge is 0.333 e. The minimum Gasteiger partial charge on any atom is -0.496 e. The second kappa shape index (κ2) is 7.24. The summed E-state index contributed by atoms with van der Waals surface area (Å²) in [6.45, 7) is 2.35. The molecule has 0 aliphatic carbocycles. The monoisotopic (exact) mass is 272 g/mol. The molecule has 0 aliphatic heterocycles. The third kappa shape index (κ3) is 4.20. The zero-order chi connectivity index (χ0) is 13.5. The lowest BCUT2D eigenvalue weighted by Crippen LogP contribution is -2.27. The predicted octanol–water partition coefficient (Wildman–Crippen LogP) is 2.77. The van der Waals surface area contributed by atoms with Gasteiger partial charge in [0.05, 0.1) is 7.11 Å². The van der Waals surface area contributed by atoms with Crippen molar-refractivity contribution in [3.8, 4) is 5.75 Å². The Morgan fingerprint density at radius 1 is 1.50 bits per heavy atom. The van der Waals surface area contributed by atoms with Crippen LogP contribution in [0.15, 0.2) is 18.2 Å². The van der Waals surface area contributed by atoms with Gasteiger partial charge in [0.15, 0.2) is 6.10 Å². The van der Waals surface area contributed by atoms with E-state index in [-0.39, 0.29) is 6.42 Å². The summed E-state index contributed by atoms with van der Waals surface area (Å²) in [5.74, 6) is -0.365. The Bertz CT molecular complexity index is 406. The molecular formula is C13H17ClO4. The lowest BCUT2D eigenvalue weighted by molar-refractivity contribution is -0.150. The van der Waals surface area contributed by atoms with E-state index in [1.807, 2.05) is 6.92 Å². The van der Waals surface area contributed by atoms with E-state index in [2.05, 4.69) is 0 Å². The number of carboxylic acids is 1. The average molecular weight is 273 g/mol. The zero-order valence-electron chi connectivity index (χ0n) is 10.5. The molecule has 0 bridgehead atoms. The molecule has 0 fully saturated rings. The Morgan fingerprint density at radius 3 is 2.78 bits per heavy atom. The number of carbonyl (C=O) groups is 1. The van der Waals surface area contributed by atoms with Crippen molar-refractivity contribution in [1.82, 2.24) is 0 Å². The number of aliphatic carboxylic acids is 1. The lowest BCUT2D eigenvalue weighted by Gasteiger charge is -2.15. The first kappa shape index (κ1) is 14.8. The van der Waals surface area contributed by atoms with Crippen LogP contribution in [0.4, 0.5) is 0 Å². The number of hydrogen-bond donors (Lipinski definition) is 1. The average Bonchev–Trinajstić information content (AvgIpc) is 2.34. The standard InChI is InChI=1S/C13H17ClO4/c1-3-6-18-12(13(15)16)8-9-7-10(14)4-5-11(9)17-2/h4-5,7,12H,3,6,8H2,1-2H3,(H,15,16)/t12-/m0/s1. The minimum absolute atomic E-state index is 0.235. The van der Waals surface area contributed by atoms with Gasteiger partial charge in [0, 0.05) is 18.1 Å². The largest absolute Gasteiger partial charge is 0.496 e. The van der Waals surface area contributed by atoms with E-state index in [1.165, 1.54) is 7.11 Å². The number of ether oxygens (including phenoxy) is 2. The highest BCUT2D eigenvalue weighted by atomic mass is 35.5. The molecule has 0 unspecified atom stereocenters. The van der Waals surface area contributed by atoms with Crippen LogP contribution in [-0.2, 0) is 16.0 Å². The van der Waals surface area contributed by atoms with Crippen molar-refractivity contribution in [3.63, 3.8) is 0 Å². The summed E-state index contributed by atoms with van der Waals surface area (Å²) >= 11 is 5.90. The molecule has 0 amide bonds. The van der Waals surface area contributed by atoms with Gasteiger partial charge in [0.25, 0.3) is 0 Å². The molecule has 18 heavy (non-hydrogen) atoms. The molecule has 0 saturated heterocycles. The molecule has 0 saturated carbocycles. The molecule has 0 heterocycles. The number of carboxylic acid groups (broad SMARTS) is 1. The highest BCUT2D eigenvalue weighted by Crippen LogP contribution is 2.24. The first-order chi connectivity index (χ1) is 8.58. The van der Waals surface area contributed by atoms with Crippen molar-refractivity contribution in [1.29, 1.82) is 0 Å². The maximum atomic E-state index is 11.1. The third-order valence-corrected chi connectivity index (χ3v) is 2.68. The van der Waals surface area contributed by atoms with Crippen molar-refractivity contribution < 1.29 is 19.4 Å². The minimum atomic E-state index is -0.981. The maximum Gasteiger partial charge on any atom is 0.333 e. The normalized spacial score (nSPS) is 12.2. The van der Waals surface area contributed by atoms with Crippen LogP contribution >= 0.6 is 11.6 Å². The van der Waals surface area contributed by atoms with E-state index < -0.39 is 12.1 Å². The first-order valence-electron chi connectivity index (χ1n) is 5.75. The molecule has 1 aromatic carbocycles. The van der Waals surface area contributed by atoms with Crippen LogP contribution in [-0.4, -0.2) is 30.9 Å². The Balaban J connectivity index is 2.85. The molecule has 1 N–H and O–H groups in total. The van der Waals surface area contributed by atoms with Gasteiger partial charge >= 0.3 is 5.97 Å². The van der Waals surface area contributed by atoms with Crippen LogP contribution < -0.4 is 4.74 Å². The zero-order valence-corrected chi connectivity index (χ0v) is 11.2. The maximum absolute atomic E-state index is 11.1. The first-order valence-corrected chi connectivity index (χ1v) is 6.13. The molecule has 0 radical (unpaired) electrons. The van der Waals surface area contributed by atoms with E-state index in [0.29, 0.717) is 17.4 Å². The lowest BCUT2D eigenvalue weighted by atomic mass is 10.1. The second-order valence-electron chi connectivity index (χ2n) is 3.86. The van der Waals surface area contributed by atoms with Gasteiger partial charge in [-0.2, -0.15) is 0 Å². The van der Waals surface area contributed by atoms with Crippen LogP contribution in [0.25, 0.3) is 0 Å². The van der Waals surface area contributed by atoms with Crippen molar-refractivity contribution in [2.24, 2.45) is 0 Å². The predicted molar refractivity (Wildman–Crippen MR) is 69.4 cm³/mol. The van der Waals surface area contributed by atoms with Crippen LogP contribution in [0.3, 0.4) is 0 Å². The fourth-order valence-electron chi connectivity index (χ4n) is 1.58. The molecule has 0 aliphatic rings. The Hall–Kier alpha value is -1.26. The van der Waals surface area contributed by atoms with Crippen LogP contribution in [0, 0.1) is 0 Å².